The van der Waals surface area contributed by atoms with Crippen molar-refractivity contribution in [3.63, 3.8) is 0 Å². The summed E-state index contributed by atoms with van der Waals surface area (Å²) in [5.74, 6) is 0. The second-order valence-electron chi connectivity index (χ2n) is 3.43. The third-order valence-electron chi connectivity index (χ3n) is 2.26. The predicted molar refractivity (Wildman–Crippen MR) is 69.2 cm³/mol. The number of hydrogen-bond donors (Lipinski definition) is 0. The molecule has 0 N–H and O–H groups in total. The summed E-state index contributed by atoms with van der Waals surface area (Å²) in [6.45, 7) is 0. The zero-order valence-electron chi connectivity index (χ0n) is 8.97. The quantitative estimate of drug-likeness (QED) is 0.749. The summed E-state index contributed by atoms with van der Waals surface area (Å²) in [4.78, 5) is 4.16. The number of rotatable bonds is 2. The van der Waals surface area contributed by atoms with E-state index in [0.29, 0.717) is 10.6 Å². The van der Waals surface area contributed by atoms with Gasteiger partial charge in [-0.15, -0.1) is 0 Å². The molecule has 0 atom stereocenters. The zero-order chi connectivity index (χ0) is 12.1. The number of hydrogen-bond acceptors (Lipinski definition) is 2. The van der Waals surface area contributed by atoms with Crippen LogP contribution in [-0.4, -0.2) is 4.98 Å². The van der Waals surface area contributed by atoms with Gasteiger partial charge in [0.1, 0.15) is 0 Å². The van der Waals surface area contributed by atoms with Gasteiger partial charge in [-0.05, 0) is 35.9 Å². The van der Waals surface area contributed by atoms with Gasteiger partial charge in [0.15, 0.2) is 0 Å². The van der Waals surface area contributed by atoms with Crippen molar-refractivity contribution in [1.29, 1.82) is 5.26 Å². The second kappa shape index (κ2) is 5.29. The molecule has 0 unspecified atom stereocenters. The second-order valence-corrected chi connectivity index (χ2v) is 3.87. The Kier molecular flexibility index (Phi) is 3.54. The maximum atomic E-state index is 9.13. The summed E-state index contributed by atoms with van der Waals surface area (Å²) in [5, 5.41) is 9.79. The standard InChI is InChI=1S/C14H9ClN2/c15-13-6-4-11(5-7-13)12(10-16)9-14-3-1-2-8-17-14/h1-9H/b12-9-. The molecular weight excluding hydrogens is 232 g/mol. The van der Waals surface area contributed by atoms with Crippen LogP contribution < -0.4 is 0 Å². The Bertz CT molecular complexity index is 565. The highest BCUT2D eigenvalue weighted by atomic mass is 35.5. The lowest BCUT2D eigenvalue weighted by atomic mass is 10.1. The van der Waals surface area contributed by atoms with Crippen LogP contribution in [-0.2, 0) is 0 Å². The summed E-state index contributed by atoms with van der Waals surface area (Å²) < 4.78 is 0. The van der Waals surface area contributed by atoms with Gasteiger partial charge >= 0.3 is 0 Å². The lowest BCUT2D eigenvalue weighted by Crippen LogP contribution is -1.83. The Morgan fingerprint density at radius 1 is 1.18 bits per heavy atom. The molecule has 0 fully saturated rings. The van der Waals surface area contributed by atoms with E-state index in [1.165, 1.54) is 0 Å². The minimum atomic E-state index is 0.570. The molecule has 1 heterocycles. The van der Waals surface area contributed by atoms with E-state index in [-0.39, 0.29) is 0 Å². The first-order chi connectivity index (χ1) is 8.29. The first-order valence-corrected chi connectivity index (χ1v) is 5.46. The summed E-state index contributed by atoms with van der Waals surface area (Å²) in [6.07, 6.45) is 3.45. The molecule has 3 heteroatoms. The SMILES string of the molecule is N#C/C(=C/c1ccccn1)c1ccc(Cl)cc1. The van der Waals surface area contributed by atoms with Crippen molar-refractivity contribution in [2.24, 2.45) is 0 Å². The van der Waals surface area contributed by atoms with Crippen LogP contribution in [0.1, 0.15) is 11.3 Å². The van der Waals surface area contributed by atoms with Crippen molar-refractivity contribution >= 4 is 23.3 Å². The molecule has 0 saturated carbocycles. The van der Waals surface area contributed by atoms with Crippen LogP contribution in [0.15, 0.2) is 48.7 Å². The van der Waals surface area contributed by atoms with Crippen LogP contribution >= 0.6 is 11.6 Å². The van der Waals surface area contributed by atoms with Crippen LogP contribution in [0.2, 0.25) is 5.02 Å². The van der Waals surface area contributed by atoms with E-state index < -0.39 is 0 Å². The van der Waals surface area contributed by atoms with E-state index in [2.05, 4.69) is 11.1 Å². The number of allylic oxidation sites excluding steroid dienone is 1. The van der Waals surface area contributed by atoms with Crippen molar-refractivity contribution in [3.05, 3.63) is 64.9 Å². The van der Waals surface area contributed by atoms with Crippen molar-refractivity contribution < 1.29 is 0 Å². The summed E-state index contributed by atoms with van der Waals surface area (Å²) in [5.41, 5.74) is 2.17. The Labute approximate surface area is 105 Å². The highest BCUT2D eigenvalue weighted by Crippen LogP contribution is 2.18. The number of pyridine rings is 1. The Morgan fingerprint density at radius 3 is 2.53 bits per heavy atom. The van der Waals surface area contributed by atoms with Gasteiger partial charge in [-0.2, -0.15) is 5.26 Å². The lowest BCUT2D eigenvalue weighted by Gasteiger charge is -1.99. The predicted octanol–water partition coefficient (Wildman–Crippen LogP) is 3.80. The smallest absolute Gasteiger partial charge is 0.0998 e. The van der Waals surface area contributed by atoms with Crippen molar-refractivity contribution in [1.82, 2.24) is 4.98 Å². The molecule has 2 aromatic rings. The summed E-state index contributed by atoms with van der Waals surface area (Å²) in [6, 6.07) is 14.9. The third kappa shape index (κ3) is 2.93. The lowest BCUT2D eigenvalue weighted by molar-refractivity contribution is 1.30. The number of benzene rings is 1. The number of nitriles is 1. The van der Waals surface area contributed by atoms with Gasteiger partial charge < -0.3 is 0 Å². The van der Waals surface area contributed by atoms with Gasteiger partial charge in [0.05, 0.1) is 17.3 Å². The molecule has 0 bridgehead atoms. The van der Waals surface area contributed by atoms with E-state index in [4.69, 9.17) is 16.9 Å². The fourth-order valence-corrected chi connectivity index (χ4v) is 1.54. The average Bonchev–Trinajstić information content (AvgIpc) is 2.38. The molecule has 0 amide bonds. The molecule has 2 rings (SSSR count). The van der Waals surface area contributed by atoms with Gasteiger partial charge in [-0.25, -0.2) is 0 Å². The highest BCUT2D eigenvalue weighted by molar-refractivity contribution is 6.30. The largest absolute Gasteiger partial charge is 0.257 e. The summed E-state index contributed by atoms with van der Waals surface area (Å²) >= 11 is 5.81. The molecule has 0 spiro atoms. The first-order valence-electron chi connectivity index (χ1n) is 5.08. The topological polar surface area (TPSA) is 36.7 Å². The van der Waals surface area contributed by atoms with Gasteiger partial charge in [-0.3, -0.25) is 4.98 Å². The van der Waals surface area contributed by atoms with Gasteiger partial charge in [0.25, 0.3) is 0 Å². The van der Waals surface area contributed by atoms with Crippen molar-refractivity contribution in [2.75, 3.05) is 0 Å². The zero-order valence-corrected chi connectivity index (χ0v) is 9.72. The molecule has 17 heavy (non-hydrogen) atoms. The first kappa shape index (κ1) is 11.4. The van der Waals surface area contributed by atoms with Crippen LogP contribution in [0.3, 0.4) is 0 Å². The van der Waals surface area contributed by atoms with E-state index in [0.717, 1.165) is 11.3 Å². The fourth-order valence-electron chi connectivity index (χ4n) is 1.42. The molecule has 0 saturated heterocycles. The van der Waals surface area contributed by atoms with Gasteiger partial charge in [-0.1, -0.05) is 29.8 Å². The van der Waals surface area contributed by atoms with Crippen molar-refractivity contribution in [2.45, 2.75) is 0 Å². The average molecular weight is 241 g/mol. The molecule has 1 aromatic carbocycles. The Balaban J connectivity index is 2.38. The molecular formula is C14H9ClN2. The van der Waals surface area contributed by atoms with E-state index in [1.54, 1.807) is 24.4 Å². The van der Waals surface area contributed by atoms with Crippen LogP contribution in [0.5, 0.6) is 0 Å². The number of halogens is 1. The molecule has 1 aromatic heterocycles. The van der Waals surface area contributed by atoms with Crippen LogP contribution in [0, 0.1) is 11.3 Å². The number of aromatic nitrogens is 1. The normalized spacial score (nSPS) is 10.9. The number of nitrogens with zero attached hydrogens (tertiary/aromatic N) is 2. The van der Waals surface area contributed by atoms with E-state index >= 15 is 0 Å². The monoisotopic (exact) mass is 240 g/mol. The van der Waals surface area contributed by atoms with Crippen LogP contribution in [0.25, 0.3) is 11.6 Å². The van der Waals surface area contributed by atoms with E-state index in [1.807, 2.05) is 30.3 Å². The Morgan fingerprint density at radius 2 is 1.94 bits per heavy atom. The fraction of sp³-hybridized carbons (Fsp3) is 0. The molecule has 0 aliphatic rings. The maximum absolute atomic E-state index is 9.13. The minimum Gasteiger partial charge on any atom is -0.257 e. The molecule has 2 nitrogen and oxygen atoms in total. The molecule has 82 valence electrons. The third-order valence-corrected chi connectivity index (χ3v) is 2.51. The molecule has 0 aliphatic heterocycles. The van der Waals surface area contributed by atoms with Gasteiger partial charge in [0, 0.05) is 11.2 Å². The molecule has 0 aliphatic carbocycles. The maximum Gasteiger partial charge on any atom is 0.0998 e. The highest BCUT2D eigenvalue weighted by Gasteiger charge is 2.01. The van der Waals surface area contributed by atoms with Gasteiger partial charge in [0.2, 0.25) is 0 Å². The van der Waals surface area contributed by atoms with Crippen molar-refractivity contribution in [3.8, 4) is 6.07 Å². The van der Waals surface area contributed by atoms with E-state index in [9.17, 15) is 0 Å². The Hall–Kier alpha value is -2.11. The summed E-state index contributed by atoms with van der Waals surface area (Å²) in [7, 11) is 0. The minimum absolute atomic E-state index is 0.570. The molecule has 0 radical (unpaired) electrons. The van der Waals surface area contributed by atoms with Crippen LogP contribution in [0.4, 0.5) is 0 Å².